The standard InChI is InChI=1S/C17H17BrFNO2/c18-16-12-13(19)8-9-15(16)17(21)20-10-4-5-11-22-14-6-2-1-3-7-14/h1-3,6-9,12H,4-5,10-11H2,(H,20,21). The molecule has 2 aromatic carbocycles. The minimum atomic E-state index is -0.374. The second kappa shape index (κ2) is 8.54. The summed E-state index contributed by atoms with van der Waals surface area (Å²) in [4.78, 5) is 11.9. The van der Waals surface area contributed by atoms with Crippen molar-refractivity contribution in [2.45, 2.75) is 12.8 Å². The fourth-order valence-electron chi connectivity index (χ4n) is 1.90. The van der Waals surface area contributed by atoms with Gasteiger partial charge in [-0.3, -0.25) is 4.79 Å². The normalized spacial score (nSPS) is 10.3. The maximum Gasteiger partial charge on any atom is 0.252 e. The van der Waals surface area contributed by atoms with Crippen LogP contribution in [0.15, 0.2) is 53.0 Å². The number of rotatable bonds is 7. The molecule has 0 saturated carbocycles. The number of hydrogen-bond donors (Lipinski definition) is 1. The SMILES string of the molecule is O=C(NCCCCOc1ccccc1)c1ccc(F)cc1Br. The van der Waals surface area contributed by atoms with Gasteiger partial charge in [0, 0.05) is 11.0 Å². The molecule has 2 aromatic rings. The second-order valence-corrected chi connectivity index (χ2v) is 5.60. The van der Waals surface area contributed by atoms with Gasteiger partial charge in [-0.15, -0.1) is 0 Å². The third-order valence-electron chi connectivity index (χ3n) is 3.04. The Balaban J connectivity index is 1.65. The third kappa shape index (κ3) is 5.15. The predicted octanol–water partition coefficient (Wildman–Crippen LogP) is 4.18. The van der Waals surface area contributed by atoms with Gasteiger partial charge < -0.3 is 10.1 Å². The first-order valence-corrected chi connectivity index (χ1v) is 7.87. The lowest BCUT2D eigenvalue weighted by atomic mass is 10.2. The number of unbranched alkanes of at least 4 members (excludes halogenated alkanes) is 1. The number of carbonyl (C=O) groups excluding carboxylic acids is 1. The maximum atomic E-state index is 13.0. The van der Waals surface area contributed by atoms with Gasteiger partial charge in [-0.05, 0) is 59.1 Å². The van der Waals surface area contributed by atoms with E-state index in [0.717, 1.165) is 18.6 Å². The molecule has 0 aliphatic heterocycles. The Kier molecular flexibility index (Phi) is 6.40. The highest BCUT2D eigenvalue weighted by Crippen LogP contribution is 2.17. The van der Waals surface area contributed by atoms with Gasteiger partial charge in [-0.25, -0.2) is 4.39 Å². The van der Waals surface area contributed by atoms with Crippen LogP contribution in [0.1, 0.15) is 23.2 Å². The van der Waals surface area contributed by atoms with Gasteiger partial charge in [0.1, 0.15) is 11.6 Å². The molecule has 0 saturated heterocycles. The second-order valence-electron chi connectivity index (χ2n) is 4.75. The molecule has 116 valence electrons. The van der Waals surface area contributed by atoms with Crippen LogP contribution >= 0.6 is 15.9 Å². The Morgan fingerprint density at radius 3 is 2.64 bits per heavy atom. The first-order chi connectivity index (χ1) is 10.7. The van der Waals surface area contributed by atoms with E-state index in [-0.39, 0.29) is 11.7 Å². The maximum absolute atomic E-state index is 13.0. The van der Waals surface area contributed by atoms with E-state index < -0.39 is 0 Å². The summed E-state index contributed by atoms with van der Waals surface area (Å²) in [5, 5.41) is 2.81. The van der Waals surface area contributed by atoms with Gasteiger partial charge in [0.2, 0.25) is 0 Å². The van der Waals surface area contributed by atoms with Gasteiger partial charge in [0.05, 0.1) is 12.2 Å². The number of halogens is 2. The molecule has 0 atom stereocenters. The van der Waals surface area contributed by atoms with E-state index in [0.29, 0.717) is 23.2 Å². The molecular weight excluding hydrogens is 349 g/mol. The van der Waals surface area contributed by atoms with E-state index in [4.69, 9.17) is 4.74 Å². The highest BCUT2D eigenvalue weighted by molar-refractivity contribution is 9.10. The van der Waals surface area contributed by atoms with E-state index in [1.54, 1.807) is 0 Å². The summed E-state index contributed by atoms with van der Waals surface area (Å²) in [6, 6.07) is 13.6. The number of para-hydroxylation sites is 1. The van der Waals surface area contributed by atoms with E-state index in [9.17, 15) is 9.18 Å². The highest BCUT2D eigenvalue weighted by atomic mass is 79.9. The number of hydrogen-bond acceptors (Lipinski definition) is 2. The first-order valence-electron chi connectivity index (χ1n) is 7.08. The molecule has 0 radical (unpaired) electrons. The topological polar surface area (TPSA) is 38.3 Å². The lowest BCUT2D eigenvalue weighted by molar-refractivity contribution is 0.0951. The monoisotopic (exact) mass is 365 g/mol. The molecule has 1 amide bonds. The van der Waals surface area contributed by atoms with Crippen molar-refractivity contribution in [2.75, 3.05) is 13.2 Å². The average molecular weight is 366 g/mol. The number of nitrogens with one attached hydrogen (secondary N) is 1. The smallest absolute Gasteiger partial charge is 0.252 e. The quantitative estimate of drug-likeness (QED) is 0.747. The van der Waals surface area contributed by atoms with Gasteiger partial charge in [0.15, 0.2) is 0 Å². The fraction of sp³-hybridized carbons (Fsp3) is 0.235. The predicted molar refractivity (Wildman–Crippen MR) is 87.6 cm³/mol. The van der Waals surface area contributed by atoms with Crippen LogP contribution in [0.2, 0.25) is 0 Å². The molecular formula is C17H17BrFNO2. The molecule has 0 unspecified atom stereocenters. The lowest BCUT2D eigenvalue weighted by Crippen LogP contribution is -2.25. The van der Waals surface area contributed by atoms with E-state index in [1.165, 1.54) is 18.2 Å². The van der Waals surface area contributed by atoms with Crippen molar-refractivity contribution in [3.8, 4) is 5.75 Å². The van der Waals surface area contributed by atoms with Crippen LogP contribution in [-0.2, 0) is 0 Å². The van der Waals surface area contributed by atoms with Gasteiger partial charge >= 0.3 is 0 Å². The van der Waals surface area contributed by atoms with Crippen LogP contribution in [0.3, 0.4) is 0 Å². The molecule has 0 bridgehead atoms. The molecule has 3 nitrogen and oxygen atoms in total. The first kappa shape index (κ1) is 16.5. The zero-order chi connectivity index (χ0) is 15.8. The molecule has 0 aliphatic carbocycles. The summed E-state index contributed by atoms with van der Waals surface area (Å²) in [7, 11) is 0. The van der Waals surface area contributed by atoms with Crippen molar-refractivity contribution in [3.05, 3.63) is 64.4 Å². The van der Waals surface area contributed by atoms with E-state index in [2.05, 4.69) is 21.2 Å². The Morgan fingerprint density at radius 2 is 1.91 bits per heavy atom. The fourth-order valence-corrected chi connectivity index (χ4v) is 2.44. The minimum Gasteiger partial charge on any atom is -0.494 e. The van der Waals surface area contributed by atoms with E-state index >= 15 is 0 Å². The van der Waals surface area contributed by atoms with E-state index in [1.807, 2.05) is 30.3 Å². The summed E-state index contributed by atoms with van der Waals surface area (Å²) < 4.78 is 19.0. The van der Waals surface area contributed by atoms with Crippen LogP contribution < -0.4 is 10.1 Å². The van der Waals surface area contributed by atoms with Crippen molar-refractivity contribution >= 4 is 21.8 Å². The van der Waals surface area contributed by atoms with Crippen molar-refractivity contribution in [3.63, 3.8) is 0 Å². The number of carbonyl (C=O) groups is 1. The lowest BCUT2D eigenvalue weighted by Gasteiger charge is -2.08. The number of ether oxygens (including phenoxy) is 1. The zero-order valence-electron chi connectivity index (χ0n) is 12.0. The Bertz CT molecular complexity index is 619. The summed E-state index contributed by atoms with van der Waals surface area (Å²) >= 11 is 3.19. The Labute approximate surface area is 137 Å². The molecule has 0 spiro atoms. The van der Waals surface area contributed by atoms with Crippen LogP contribution in [0.4, 0.5) is 4.39 Å². The largest absolute Gasteiger partial charge is 0.494 e. The van der Waals surface area contributed by atoms with Crippen molar-refractivity contribution in [2.24, 2.45) is 0 Å². The van der Waals surface area contributed by atoms with Crippen LogP contribution in [0.25, 0.3) is 0 Å². The summed E-state index contributed by atoms with van der Waals surface area (Å²) in [6.07, 6.45) is 1.66. The molecule has 0 aliphatic rings. The third-order valence-corrected chi connectivity index (χ3v) is 3.70. The number of amides is 1. The molecule has 0 fully saturated rings. The van der Waals surface area contributed by atoms with Crippen LogP contribution in [0, 0.1) is 5.82 Å². The molecule has 0 heterocycles. The van der Waals surface area contributed by atoms with Gasteiger partial charge in [-0.1, -0.05) is 18.2 Å². The summed E-state index contributed by atoms with van der Waals surface area (Å²) in [5.41, 5.74) is 0.432. The molecule has 5 heteroatoms. The van der Waals surface area contributed by atoms with Crippen molar-refractivity contribution in [1.29, 1.82) is 0 Å². The van der Waals surface area contributed by atoms with Gasteiger partial charge in [-0.2, -0.15) is 0 Å². The molecule has 1 N–H and O–H groups in total. The van der Waals surface area contributed by atoms with Crippen LogP contribution in [0.5, 0.6) is 5.75 Å². The zero-order valence-corrected chi connectivity index (χ0v) is 13.6. The molecule has 0 aromatic heterocycles. The number of benzene rings is 2. The Hall–Kier alpha value is -1.88. The van der Waals surface area contributed by atoms with Crippen molar-refractivity contribution in [1.82, 2.24) is 5.32 Å². The molecule has 22 heavy (non-hydrogen) atoms. The highest BCUT2D eigenvalue weighted by Gasteiger charge is 2.09. The minimum absolute atomic E-state index is 0.212. The summed E-state index contributed by atoms with van der Waals surface area (Å²) in [6.45, 7) is 1.17. The van der Waals surface area contributed by atoms with Crippen molar-refractivity contribution < 1.29 is 13.9 Å². The Morgan fingerprint density at radius 1 is 1.14 bits per heavy atom. The van der Waals surface area contributed by atoms with Gasteiger partial charge in [0.25, 0.3) is 5.91 Å². The summed E-state index contributed by atoms with van der Waals surface area (Å²) in [5.74, 6) is 0.263. The van der Waals surface area contributed by atoms with Crippen LogP contribution in [-0.4, -0.2) is 19.1 Å². The average Bonchev–Trinajstić information content (AvgIpc) is 2.51. The molecule has 2 rings (SSSR count).